The molecule has 0 aromatic heterocycles. The second-order valence-electron chi connectivity index (χ2n) is 16.9. The van der Waals surface area contributed by atoms with Crippen molar-refractivity contribution in [3.8, 4) is 0 Å². The standard InChI is InChI=1S/C50H92N2O7/c1-3-5-7-9-11-13-15-17-18-19-20-21-23-25-27-29-34-38-42-49(56)59-45(39-35-31-28-26-24-22-16-14-12-10-8-6-4-2)40-36-32-30-33-37-41-47(54)51-43-48(55)52-46(44-53)50(57)58/h13,15,18-19,45-46,53H,3-12,14,16-17,20-44H2,1-2H3,(H,51,54)(H,52,55)(H,57,58)/b15-13-,19-18-. The number of amides is 2. The summed E-state index contributed by atoms with van der Waals surface area (Å²) in [6.07, 6.45) is 50.6. The Kier molecular flexibility index (Phi) is 42.8. The van der Waals surface area contributed by atoms with Crippen LogP contribution in [-0.4, -0.2) is 59.3 Å². The van der Waals surface area contributed by atoms with Gasteiger partial charge < -0.3 is 25.6 Å². The molecule has 59 heavy (non-hydrogen) atoms. The minimum absolute atomic E-state index is 0.0145. The van der Waals surface area contributed by atoms with Crippen LogP contribution in [0.25, 0.3) is 0 Å². The molecule has 0 saturated carbocycles. The van der Waals surface area contributed by atoms with E-state index < -0.39 is 24.5 Å². The van der Waals surface area contributed by atoms with Crippen molar-refractivity contribution in [3.63, 3.8) is 0 Å². The molecule has 0 aromatic carbocycles. The average Bonchev–Trinajstić information content (AvgIpc) is 3.22. The van der Waals surface area contributed by atoms with Gasteiger partial charge in [0.15, 0.2) is 0 Å². The summed E-state index contributed by atoms with van der Waals surface area (Å²) in [4.78, 5) is 47.7. The van der Waals surface area contributed by atoms with Gasteiger partial charge in [0.1, 0.15) is 12.1 Å². The lowest BCUT2D eigenvalue weighted by Gasteiger charge is -2.18. The monoisotopic (exact) mass is 833 g/mol. The third-order valence-corrected chi connectivity index (χ3v) is 11.2. The van der Waals surface area contributed by atoms with Crippen molar-refractivity contribution in [2.45, 2.75) is 257 Å². The third kappa shape index (κ3) is 41.8. The van der Waals surface area contributed by atoms with Crippen LogP contribution in [-0.2, 0) is 23.9 Å². The number of rotatable bonds is 45. The van der Waals surface area contributed by atoms with Crippen LogP contribution in [0.3, 0.4) is 0 Å². The fourth-order valence-electron chi connectivity index (χ4n) is 7.39. The van der Waals surface area contributed by atoms with Gasteiger partial charge in [0.05, 0.1) is 13.2 Å². The van der Waals surface area contributed by atoms with Crippen LogP contribution in [0.1, 0.15) is 245 Å². The number of carbonyl (C=O) groups excluding carboxylic acids is 3. The smallest absolute Gasteiger partial charge is 0.328 e. The summed E-state index contributed by atoms with van der Waals surface area (Å²) in [6, 6.07) is -1.38. The Labute approximate surface area is 362 Å². The van der Waals surface area contributed by atoms with Crippen molar-refractivity contribution in [1.82, 2.24) is 10.6 Å². The van der Waals surface area contributed by atoms with E-state index in [0.717, 1.165) is 64.2 Å². The van der Waals surface area contributed by atoms with Gasteiger partial charge in [0.2, 0.25) is 11.8 Å². The molecule has 0 aliphatic carbocycles. The maximum absolute atomic E-state index is 12.9. The number of unbranched alkanes of at least 4 members (excludes halogenated alkanes) is 27. The van der Waals surface area contributed by atoms with Crippen molar-refractivity contribution in [1.29, 1.82) is 0 Å². The molecule has 0 saturated heterocycles. The Balaban J connectivity index is 4.29. The van der Waals surface area contributed by atoms with Crippen LogP contribution in [0.5, 0.6) is 0 Å². The van der Waals surface area contributed by atoms with Crippen molar-refractivity contribution in [3.05, 3.63) is 24.3 Å². The molecular formula is C50H92N2O7. The van der Waals surface area contributed by atoms with Crippen LogP contribution >= 0.6 is 0 Å². The molecule has 2 atom stereocenters. The van der Waals surface area contributed by atoms with E-state index in [4.69, 9.17) is 14.9 Å². The van der Waals surface area contributed by atoms with Crippen molar-refractivity contribution in [2.75, 3.05) is 13.2 Å². The summed E-state index contributed by atoms with van der Waals surface area (Å²) in [6.45, 7) is 3.49. The van der Waals surface area contributed by atoms with Crippen LogP contribution in [0, 0.1) is 0 Å². The number of ether oxygens (including phenoxy) is 1. The zero-order chi connectivity index (χ0) is 43.3. The van der Waals surface area contributed by atoms with Gasteiger partial charge in [-0.15, -0.1) is 0 Å². The fraction of sp³-hybridized carbons (Fsp3) is 0.840. The average molecular weight is 833 g/mol. The molecule has 2 unspecified atom stereocenters. The Morgan fingerprint density at radius 2 is 0.915 bits per heavy atom. The summed E-state index contributed by atoms with van der Waals surface area (Å²) < 4.78 is 6.06. The Morgan fingerprint density at radius 3 is 1.37 bits per heavy atom. The van der Waals surface area contributed by atoms with E-state index in [2.05, 4.69) is 48.8 Å². The van der Waals surface area contributed by atoms with Gasteiger partial charge in [-0.1, -0.05) is 186 Å². The van der Waals surface area contributed by atoms with E-state index in [1.807, 2.05) is 0 Å². The topological polar surface area (TPSA) is 142 Å². The molecule has 2 amide bonds. The van der Waals surface area contributed by atoms with E-state index in [1.54, 1.807) is 0 Å². The van der Waals surface area contributed by atoms with Gasteiger partial charge in [-0.05, 0) is 70.6 Å². The van der Waals surface area contributed by atoms with Gasteiger partial charge in [0.25, 0.3) is 0 Å². The molecule has 4 N–H and O–H groups in total. The molecule has 0 spiro atoms. The number of carbonyl (C=O) groups is 4. The summed E-state index contributed by atoms with van der Waals surface area (Å²) in [5.74, 6) is -2.28. The lowest BCUT2D eigenvalue weighted by atomic mass is 10.0. The van der Waals surface area contributed by atoms with Crippen molar-refractivity contribution < 1.29 is 34.1 Å². The summed E-state index contributed by atoms with van der Waals surface area (Å²) in [5.41, 5.74) is 0. The first-order chi connectivity index (χ1) is 28.8. The number of nitrogens with one attached hydrogen (secondary N) is 2. The van der Waals surface area contributed by atoms with E-state index in [1.165, 1.54) is 148 Å². The second-order valence-corrected chi connectivity index (χ2v) is 16.9. The van der Waals surface area contributed by atoms with Crippen molar-refractivity contribution in [2.24, 2.45) is 0 Å². The number of hydrogen-bond acceptors (Lipinski definition) is 6. The highest BCUT2D eigenvalue weighted by molar-refractivity contribution is 5.87. The molecule has 0 rings (SSSR count). The fourth-order valence-corrected chi connectivity index (χ4v) is 7.39. The summed E-state index contributed by atoms with van der Waals surface area (Å²) in [5, 5.41) is 22.6. The Bertz CT molecular complexity index is 1050. The number of allylic oxidation sites excluding steroid dienone is 4. The number of carboxylic acid groups (broad SMARTS) is 1. The third-order valence-electron chi connectivity index (χ3n) is 11.2. The number of esters is 1. The summed E-state index contributed by atoms with van der Waals surface area (Å²) in [7, 11) is 0. The van der Waals surface area contributed by atoms with E-state index in [0.29, 0.717) is 19.3 Å². The molecule has 344 valence electrons. The van der Waals surface area contributed by atoms with Crippen LogP contribution in [0.4, 0.5) is 0 Å². The predicted molar refractivity (Wildman–Crippen MR) is 245 cm³/mol. The number of carboxylic acids is 1. The SMILES string of the molecule is CCCCCC/C=C\C/C=C\CCCCCCCCCC(=O)OC(CCCCCCCCCCCCCCC)CCCCCCCC(=O)NCC(=O)NC(CO)C(=O)O. The quantitative estimate of drug-likeness (QED) is 0.0272. The summed E-state index contributed by atoms with van der Waals surface area (Å²) >= 11 is 0. The van der Waals surface area contributed by atoms with Crippen LogP contribution in [0.2, 0.25) is 0 Å². The molecule has 0 bridgehead atoms. The number of aliphatic carboxylic acids is 1. The van der Waals surface area contributed by atoms with Gasteiger partial charge in [-0.2, -0.15) is 0 Å². The molecule has 0 aliphatic heterocycles. The van der Waals surface area contributed by atoms with Crippen LogP contribution < -0.4 is 10.6 Å². The molecule has 0 heterocycles. The van der Waals surface area contributed by atoms with Gasteiger partial charge in [-0.25, -0.2) is 4.79 Å². The van der Waals surface area contributed by atoms with E-state index in [-0.39, 0.29) is 24.5 Å². The maximum Gasteiger partial charge on any atom is 0.328 e. The second kappa shape index (κ2) is 44.9. The Hall–Kier alpha value is -2.68. The minimum Gasteiger partial charge on any atom is -0.480 e. The maximum atomic E-state index is 12.9. The van der Waals surface area contributed by atoms with Crippen LogP contribution in [0.15, 0.2) is 24.3 Å². The zero-order valence-electron chi connectivity index (χ0n) is 38.3. The lowest BCUT2D eigenvalue weighted by molar-refractivity contribution is -0.150. The minimum atomic E-state index is -1.38. The molecule has 0 fully saturated rings. The first kappa shape index (κ1) is 56.3. The zero-order valence-corrected chi connectivity index (χ0v) is 38.3. The molecular weight excluding hydrogens is 741 g/mol. The van der Waals surface area contributed by atoms with Gasteiger partial charge in [0, 0.05) is 12.8 Å². The number of hydrogen-bond donors (Lipinski definition) is 4. The van der Waals surface area contributed by atoms with Crippen molar-refractivity contribution >= 4 is 23.8 Å². The molecule has 0 aliphatic rings. The van der Waals surface area contributed by atoms with Gasteiger partial charge in [-0.3, -0.25) is 14.4 Å². The first-order valence-electron chi connectivity index (χ1n) is 24.7. The van der Waals surface area contributed by atoms with E-state index in [9.17, 15) is 19.2 Å². The predicted octanol–water partition coefficient (Wildman–Crippen LogP) is 12.8. The molecule has 9 nitrogen and oxygen atoms in total. The molecule has 9 heteroatoms. The normalized spacial score (nSPS) is 12.6. The highest BCUT2D eigenvalue weighted by atomic mass is 16.5. The number of aliphatic hydroxyl groups excluding tert-OH is 1. The highest BCUT2D eigenvalue weighted by Gasteiger charge is 2.19. The molecule has 0 radical (unpaired) electrons. The van der Waals surface area contributed by atoms with E-state index >= 15 is 0 Å². The highest BCUT2D eigenvalue weighted by Crippen LogP contribution is 2.19. The lowest BCUT2D eigenvalue weighted by Crippen LogP contribution is -2.47. The first-order valence-corrected chi connectivity index (χ1v) is 24.7. The largest absolute Gasteiger partial charge is 0.480 e. The Morgan fingerprint density at radius 1 is 0.508 bits per heavy atom. The van der Waals surface area contributed by atoms with Gasteiger partial charge >= 0.3 is 11.9 Å². The number of aliphatic hydroxyl groups is 1. The molecule has 0 aromatic rings.